The molecule has 0 aliphatic carbocycles. The molecule has 0 saturated carbocycles. The fourth-order valence-corrected chi connectivity index (χ4v) is 6.51. The van der Waals surface area contributed by atoms with Gasteiger partial charge in [-0.15, -0.1) is 0 Å². The number of aromatic nitrogens is 3. The number of quaternary nitrogens is 1. The Bertz CT molecular complexity index is 1720. The lowest BCUT2D eigenvalue weighted by molar-refractivity contribution is -0.918. The maximum atomic E-state index is 14.9. The van der Waals surface area contributed by atoms with Gasteiger partial charge in [0.2, 0.25) is 5.82 Å². The van der Waals surface area contributed by atoms with Gasteiger partial charge in [-0.05, 0) is 48.2 Å². The molecule has 244 valence electrons. The van der Waals surface area contributed by atoms with Crippen molar-refractivity contribution in [1.82, 2.24) is 25.0 Å². The number of fused-ring (bicyclic) bond motifs is 1. The van der Waals surface area contributed by atoms with Crippen molar-refractivity contribution in [3.8, 4) is 17.0 Å². The average molecular weight is 641 g/mol. The van der Waals surface area contributed by atoms with Crippen LogP contribution in [-0.2, 0) is 6.42 Å². The summed E-state index contributed by atoms with van der Waals surface area (Å²) in [6.45, 7) is 5.13. The van der Waals surface area contributed by atoms with Crippen molar-refractivity contribution >= 4 is 23.1 Å². The zero-order chi connectivity index (χ0) is 32.4. The monoisotopic (exact) mass is 640 g/mol. The van der Waals surface area contributed by atoms with Gasteiger partial charge in [0.1, 0.15) is 0 Å². The van der Waals surface area contributed by atoms with E-state index in [0.717, 1.165) is 67.1 Å². The minimum Gasteiger partial charge on any atom is -0.432 e. The summed E-state index contributed by atoms with van der Waals surface area (Å²) in [5, 5.41) is 9.74. The number of imidazole rings is 1. The van der Waals surface area contributed by atoms with Crippen molar-refractivity contribution in [3.63, 3.8) is 0 Å². The van der Waals surface area contributed by atoms with E-state index >= 15 is 0 Å². The van der Waals surface area contributed by atoms with Crippen molar-refractivity contribution < 1.29 is 31.6 Å². The standard InChI is InChI=1S/C33H37F4N7O2/c1-3-22-14-23(4-5-24(22)32(45)41-17-20-8-12-44(2,13-9-20)19-21-15-38-16-21)42-30-31-40-18-26(43(31)11-10-39-30)25-6-7-27(46-33(36)37)29(35)28(25)34/h4-7,10-11,14,18,20-21,33,38H,3,8-9,12-13,15-17,19H2,1-2H3,(H-,39,41,42,45)/p+1. The van der Waals surface area contributed by atoms with E-state index in [-0.39, 0.29) is 17.2 Å². The van der Waals surface area contributed by atoms with Gasteiger partial charge in [0.15, 0.2) is 23.0 Å². The number of nitrogens with one attached hydrogen (secondary N) is 3. The number of hydrogen-bond donors (Lipinski definition) is 3. The molecule has 2 aliphatic heterocycles. The van der Waals surface area contributed by atoms with Crippen LogP contribution < -0.4 is 20.7 Å². The van der Waals surface area contributed by atoms with Crippen LogP contribution in [0.25, 0.3) is 16.9 Å². The van der Waals surface area contributed by atoms with Crippen molar-refractivity contribution in [1.29, 1.82) is 0 Å². The van der Waals surface area contributed by atoms with Crippen molar-refractivity contribution in [2.75, 3.05) is 51.6 Å². The zero-order valence-electron chi connectivity index (χ0n) is 25.8. The number of nitrogens with zero attached hydrogens (tertiary/aromatic N) is 4. The molecule has 2 fully saturated rings. The fourth-order valence-electron chi connectivity index (χ4n) is 6.51. The number of carbonyl (C=O) groups is 1. The first-order valence-electron chi connectivity index (χ1n) is 15.6. The van der Waals surface area contributed by atoms with E-state index in [4.69, 9.17) is 0 Å². The first-order valence-corrected chi connectivity index (χ1v) is 15.6. The number of rotatable bonds is 11. The molecule has 46 heavy (non-hydrogen) atoms. The van der Waals surface area contributed by atoms with E-state index < -0.39 is 24.0 Å². The number of benzene rings is 2. The molecule has 0 bridgehead atoms. The number of hydrogen-bond acceptors (Lipinski definition) is 6. The molecule has 2 aromatic heterocycles. The summed E-state index contributed by atoms with van der Waals surface area (Å²) in [6, 6.07) is 7.57. The maximum absolute atomic E-state index is 14.9. The second-order valence-corrected chi connectivity index (χ2v) is 12.5. The molecule has 4 aromatic rings. The quantitative estimate of drug-likeness (QED) is 0.151. The molecule has 0 spiro atoms. The first-order chi connectivity index (χ1) is 22.1. The second-order valence-electron chi connectivity index (χ2n) is 12.5. The highest BCUT2D eigenvalue weighted by molar-refractivity contribution is 5.96. The summed E-state index contributed by atoms with van der Waals surface area (Å²) in [6.07, 6.45) is 7.20. The predicted molar refractivity (Wildman–Crippen MR) is 166 cm³/mol. The highest BCUT2D eigenvalue weighted by Crippen LogP contribution is 2.32. The Labute approximate surface area is 264 Å². The Balaban J connectivity index is 1.12. The molecular formula is C33H38F4N7O2+. The van der Waals surface area contributed by atoms with Gasteiger partial charge in [-0.25, -0.2) is 14.4 Å². The van der Waals surface area contributed by atoms with Crippen LogP contribution >= 0.6 is 0 Å². The number of amides is 1. The van der Waals surface area contributed by atoms with Crippen LogP contribution in [0, 0.1) is 23.5 Å². The topological polar surface area (TPSA) is 92.6 Å². The van der Waals surface area contributed by atoms with Gasteiger partial charge in [-0.2, -0.15) is 13.2 Å². The lowest BCUT2D eigenvalue weighted by Crippen LogP contribution is -2.58. The van der Waals surface area contributed by atoms with Gasteiger partial charge >= 0.3 is 6.61 Å². The van der Waals surface area contributed by atoms with E-state index in [9.17, 15) is 22.4 Å². The average Bonchev–Trinajstić information content (AvgIpc) is 3.46. The SMILES string of the molecule is CCc1cc(Nc2nccn3c(-c4ccc(OC(F)F)c(F)c4F)cnc23)ccc1C(=O)NCC1CC[N+](C)(CC2CNC2)CC1. The third kappa shape index (κ3) is 6.66. The summed E-state index contributed by atoms with van der Waals surface area (Å²) < 4.78 is 61.1. The number of halogens is 4. The van der Waals surface area contributed by atoms with E-state index in [1.807, 2.05) is 13.0 Å². The molecule has 2 saturated heterocycles. The lowest BCUT2D eigenvalue weighted by atomic mass is 9.92. The Hall–Kier alpha value is -4.23. The van der Waals surface area contributed by atoms with Crippen molar-refractivity contribution in [3.05, 3.63) is 71.7 Å². The van der Waals surface area contributed by atoms with Crippen LogP contribution in [-0.4, -0.2) is 77.7 Å². The number of likely N-dealkylation sites (tertiary alicyclic amines) is 1. The van der Waals surface area contributed by atoms with Crippen LogP contribution in [0.5, 0.6) is 5.75 Å². The Morgan fingerprint density at radius 2 is 1.89 bits per heavy atom. The molecule has 1 amide bonds. The van der Waals surface area contributed by atoms with Crippen LogP contribution in [0.4, 0.5) is 29.1 Å². The lowest BCUT2D eigenvalue weighted by Gasteiger charge is -2.44. The Kier molecular flexibility index (Phi) is 9.14. The summed E-state index contributed by atoms with van der Waals surface area (Å²) in [5.74, 6) is -2.23. The molecule has 4 heterocycles. The minimum absolute atomic E-state index is 0.0934. The molecule has 0 unspecified atom stereocenters. The van der Waals surface area contributed by atoms with Gasteiger partial charge in [0, 0.05) is 67.6 Å². The number of carbonyl (C=O) groups excluding carboxylic acids is 1. The third-order valence-electron chi connectivity index (χ3n) is 9.23. The van der Waals surface area contributed by atoms with Gasteiger partial charge in [0.05, 0.1) is 38.6 Å². The largest absolute Gasteiger partial charge is 0.432 e. The second kappa shape index (κ2) is 13.2. The van der Waals surface area contributed by atoms with Gasteiger partial charge in [-0.1, -0.05) is 6.92 Å². The highest BCUT2D eigenvalue weighted by atomic mass is 19.3. The summed E-state index contributed by atoms with van der Waals surface area (Å²) in [5.41, 5.74) is 2.50. The van der Waals surface area contributed by atoms with Crippen molar-refractivity contribution in [2.45, 2.75) is 32.8 Å². The molecule has 13 heteroatoms. The normalized spacial score (nSPS) is 20.1. The van der Waals surface area contributed by atoms with E-state index in [1.54, 1.807) is 12.1 Å². The number of alkyl halides is 2. The smallest absolute Gasteiger partial charge is 0.387 e. The molecule has 0 atom stereocenters. The summed E-state index contributed by atoms with van der Waals surface area (Å²) >= 11 is 0. The van der Waals surface area contributed by atoms with Crippen LogP contribution in [0.15, 0.2) is 48.9 Å². The number of aryl methyl sites for hydroxylation is 1. The molecular weight excluding hydrogens is 602 g/mol. The molecule has 2 aliphatic rings. The van der Waals surface area contributed by atoms with E-state index in [1.165, 1.54) is 29.5 Å². The van der Waals surface area contributed by atoms with E-state index in [2.05, 4.69) is 37.7 Å². The summed E-state index contributed by atoms with van der Waals surface area (Å²) in [4.78, 5) is 21.9. The highest BCUT2D eigenvalue weighted by Gasteiger charge is 2.34. The van der Waals surface area contributed by atoms with E-state index in [0.29, 0.717) is 41.6 Å². The van der Waals surface area contributed by atoms with Gasteiger partial charge in [-0.3, -0.25) is 9.20 Å². The Morgan fingerprint density at radius 3 is 2.59 bits per heavy atom. The molecule has 9 nitrogen and oxygen atoms in total. The number of piperidine rings is 1. The number of anilines is 2. The maximum Gasteiger partial charge on any atom is 0.387 e. The van der Waals surface area contributed by atoms with Crippen LogP contribution in [0.1, 0.15) is 35.7 Å². The molecule has 3 N–H and O–H groups in total. The van der Waals surface area contributed by atoms with Crippen LogP contribution in [0.3, 0.4) is 0 Å². The zero-order valence-corrected chi connectivity index (χ0v) is 25.8. The Morgan fingerprint density at radius 1 is 1.11 bits per heavy atom. The molecule has 6 rings (SSSR count). The van der Waals surface area contributed by atoms with Crippen LogP contribution in [0.2, 0.25) is 0 Å². The van der Waals surface area contributed by atoms with Gasteiger partial charge in [0.25, 0.3) is 5.91 Å². The molecule has 0 radical (unpaired) electrons. The van der Waals surface area contributed by atoms with Crippen molar-refractivity contribution in [2.24, 2.45) is 11.8 Å². The number of ether oxygens (including phenoxy) is 1. The minimum atomic E-state index is -3.29. The summed E-state index contributed by atoms with van der Waals surface area (Å²) in [7, 11) is 2.35. The van der Waals surface area contributed by atoms with Gasteiger partial charge < -0.3 is 25.2 Å². The predicted octanol–water partition coefficient (Wildman–Crippen LogP) is 5.39. The third-order valence-corrected chi connectivity index (χ3v) is 9.23. The molecule has 2 aromatic carbocycles. The fraction of sp³-hybridized carbons (Fsp3) is 0.424. The first kappa shape index (κ1) is 31.7.